The van der Waals surface area contributed by atoms with E-state index in [1.54, 1.807) is 7.05 Å². The third-order valence-corrected chi connectivity index (χ3v) is 3.89. The number of primary amides is 1. The molecular weight excluding hydrogens is 254 g/mol. The number of hydrogen-bond acceptors (Lipinski definition) is 4. The third-order valence-electron chi connectivity index (χ3n) is 3.89. The van der Waals surface area contributed by atoms with Crippen LogP contribution in [0.4, 0.5) is 0 Å². The molecule has 20 heavy (non-hydrogen) atoms. The van der Waals surface area contributed by atoms with Crippen LogP contribution < -0.4 is 11.1 Å². The number of amides is 1. The maximum absolute atomic E-state index is 11.4. The molecule has 0 aliphatic heterocycles. The number of rotatable bonds is 9. The molecule has 3 N–H and O–H groups in total. The van der Waals surface area contributed by atoms with Crippen molar-refractivity contribution in [3.8, 4) is 0 Å². The highest BCUT2D eigenvalue weighted by Crippen LogP contribution is 2.13. The molecule has 1 aromatic heterocycles. The molecule has 0 aliphatic rings. The molecule has 0 saturated carbocycles. The van der Waals surface area contributed by atoms with Gasteiger partial charge in [0.05, 0.1) is 12.1 Å². The molecule has 0 bridgehead atoms. The highest BCUT2D eigenvalue weighted by atomic mass is 16.1. The zero-order valence-corrected chi connectivity index (χ0v) is 13.0. The van der Waals surface area contributed by atoms with Gasteiger partial charge in [-0.05, 0) is 46.8 Å². The van der Waals surface area contributed by atoms with E-state index in [4.69, 9.17) is 5.73 Å². The fourth-order valence-electron chi connectivity index (χ4n) is 2.10. The first-order valence-electron chi connectivity index (χ1n) is 7.02. The van der Waals surface area contributed by atoms with Gasteiger partial charge in [-0.2, -0.15) is 0 Å². The molecule has 6 heteroatoms. The number of carbonyl (C=O) groups excluding carboxylic acids is 1. The van der Waals surface area contributed by atoms with Crippen LogP contribution in [-0.4, -0.2) is 46.5 Å². The Labute approximate surface area is 121 Å². The monoisotopic (exact) mass is 281 g/mol. The second-order valence-corrected chi connectivity index (χ2v) is 5.60. The Kier molecular flexibility index (Phi) is 6.16. The van der Waals surface area contributed by atoms with Gasteiger partial charge in [-0.1, -0.05) is 0 Å². The molecule has 1 aromatic rings. The fourth-order valence-corrected chi connectivity index (χ4v) is 2.10. The predicted octanol–water partition coefficient (Wildman–Crippen LogP) is 0.486. The maximum Gasteiger partial charge on any atom is 0.237 e. The molecular formula is C14H27N5O. The highest BCUT2D eigenvalue weighted by molar-refractivity contribution is 5.84. The average Bonchev–Trinajstić information content (AvgIpc) is 2.79. The Hall–Kier alpha value is -1.40. The molecule has 1 heterocycles. The van der Waals surface area contributed by atoms with Crippen molar-refractivity contribution < 1.29 is 4.79 Å². The number of aryl methyl sites for hydroxylation is 1. The van der Waals surface area contributed by atoms with Gasteiger partial charge < -0.3 is 15.6 Å². The molecule has 114 valence electrons. The summed E-state index contributed by atoms with van der Waals surface area (Å²) in [6.07, 6.45) is 6.52. The molecule has 0 saturated heterocycles. The van der Waals surface area contributed by atoms with Gasteiger partial charge in [0.1, 0.15) is 5.82 Å². The Balaban J connectivity index is 2.27. The van der Waals surface area contributed by atoms with Crippen molar-refractivity contribution in [3.05, 3.63) is 18.2 Å². The van der Waals surface area contributed by atoms with E-state index >= 15 is 0 Å². The Morgan fingerprint density at radius 1 is 1.55 bits per heavy atom. The first-order valence-corrected chi connectivity index (χ1v) is 7.02. The van der Waals surface area contributed by atoms with Gasteiger partial charge in [0, 0.05) is 19.4 Å². The van der Waals surface area contributed by atoms with Crippen molar-refractivity contribution in [2.75, 3.05) is 20.6 Å². The summed E-state index contributed by atoms with van der Waals surface area (Å²) in [6.45, 7) is 3.67. The summed E-state index contributed by atoms with van der Waals surface area (Å²) in [5, 5.41) is 3.01. The maximum atomic E-state index is 11.4. The topological polar surface area (TPSA) is 76.2 Å². The van der Waals surface area contributed by atoms with Crippen LogP contribution in [0.3, 0.4) is 0 Å². The molecule has 6 nitrogen and oxygen atoms in total. The van der Waals surface area contributed by atoms with Crippen molar-refractivity contribution in [3.63, 3.8) is 0 Å². The second kappa shape index (κ2) is 7.40. The average molecular weight is 281 g/mol. The first-order chi connectivity index (χ1) is 9.39. The van der Waals surface area contributed by atoms with Crippen LogP contribution in [-0.2, 0) is 18.4 Å². The SMILES string of the molecule is CNC(C)(CCCCN(C)Cc1nccn1C)C(N)=O. The van der Waals surface area contributed by atoms with E-state index in [1.165, 1.54) is 0 Å². The molecule has 1 unspecified atom stereocenters. The van der Waals surface area contributed by atoms with Gasteiger partial charge in [0.2, 0.25) is 5.91 Å². The second-order valence-electron chi connectivity index (χ2n) is 5.60. The number of nitrogens with one attached hydrogen (secondary N) is 1. The molecule has 1 rings (SSSR count). The van der Waals surface area contributed by atoms with Gasteiger partial charge in [0.15, 0.2) is 0 Å². The van der Waals surface area contributed by atoms with Crippen LogP contribution in [0.5, 0.6) is 0 Å². The van der Waals surface area contributed by atoms with Crippen molar-refractivity contribution in [1.29, 1.82) is 0 Å². The lowest BCUT2D eigenvalue weighted by Gasteiger charge is -2.25. The van der Waals surface area contributed by atoms with Gasteiger partial charge >= 0.3 is 0 Å². The minimum atomic E-state index is -0.599. The number of likely N-dealkylation sites (N-methyl/N-ethyl adjacent to an activating group) is 1. The van der Waals surface area contributed by atoms with Crippen molar-refractivity contribution in [1.82, 2.24) is 19.8 Å². The molecule has 1 atom stereocenters. The number of unbranched alkanes of at least 4 members (excludes halogenated alkanes) is 1. The van der Waals surface area contributed by atoms with Crippen molar-refractivity contribution in [2.45, 2.75) is 38.3 Å². The lowest BCUT2D eigenvalue weighted by atomic mass is 9.94. The number of hydrogen-bond donors (Lipinski definition) is 2. The van der Waals surface area contributed by atoms with Crippen LogP contribution >= 0.6 is 0 Å². The summed E-state index contributed by atoms with van der Waals surface area (Å²) in [5.74, 6) is 0.770. The smallest absolute Gasteiger partial charge is 0.237 e. The Morgan fingerprint density at radius 3 is 2.75 bits per heavy atom. The van der Waals surface area contributed by atoms with Crippen molar-refractivity contribution >= 4 is 5.91 Å². The van der Waals surface area contributed by atoms with E-state index in [-0.39, 0.29) is 5.91 Å². The zero-order chi connectivity index (χ0) is 15.2. The molecule has 0 aromatic carbocycles. The summed E-state index contributed by atoms with van der Waals surface area (Å²) < 4.78 is 2.03. The normalized spacial score (nSPS) is 14.4. The van der Waals surface area contributed by atoms with Crippen molar-refractivity contribution in [2.24, 2.45) is 12.8 Å². The van der Waals surface area contributed by atoms with E-state index in [0.29, 0.717) is 0 Å². The van der Waals surface area contributed by atoms with Crippen LogP contribution in [0.2, 0.25) is 0 Å². The molecule has 0 fully saturated rings. The van der Waals surface area contributed by atoms with Crippen LogP contribution in [0, 0.1) is 0 Å². The summed E-state index contributed by atoms with van der Waals surface area (Å²) in [5.41, 5.74) is 4.81. The van der Waals surface area contributed by atoms with Gasteiger partial charge in [-0.3, -0.25) is 9.69 Å². The number of nitrogens with two attached hydrogens (primary N) is 1. The molecule has 0 radical (unpaired) electrons. The van der Waals surface area contributed by atoms with E-state index in [9.17, 15) is 4.79 Å². The zero-order valence-electron chi connectivity index (χ0n) is 13.0. The third kappa shape index (κ3) is 4.61. The molecule has 0 aliphatic carbocycles. The lowest BCUT2D eigenvalue weighted by Crippen LogP contribution is -2.51. The summed E-state index contributed by atoms with van der Waals surface area (Å²) in [7, 11) is 5.86. The first kappa shape index (κ1) is 16.7. The largest absolute Gasteiger partial charge is 0.368 e. The van der Waals surface area contributed by atoms with Gasteiger partial charge in [-0.25, -0.2) is 4.98 Å². The quantitative estimate of drug-likeness (QED) is 0.646. The van der Waals surface area contributed by atoms with Crippen LogP contribution in [0.15, 0.2) is 12.4 Å². The summed E-state index contributed by atoms with van der Waals surface area (Å²) in [6, 6.07) is 0. The molecule has 0 spiro atoms. The van der Waals surface area contributed by atoms with Gasteiger partial charge in [-0.15, -0.1) is 0 Å². The summed E-state index contributed by atoms with van der Waals surface area (Å²) in [4.78, 5) is 17.9. The van der Waals surface area contributed by atoms with E-state index in [2.05, 4.69) is 22.2 Å². The predicted molar refractivity (Wildman–Crippen MR) is 80.1 cm³/mol. The van der Waals surface area contributed by atoms with Crippen LogP contribution in [0.1, 0.15) is 32.0 Å². The lowest BCUT2D eigenvalue weighted by molar-refractivity contribution is -0.123. The Bertz CT molecular complexity index is 431. The Morgan fingerprint density at radius 2 is 2.25 bits per heavy atom. The fraction of sp³-hybridized carbons (Fsp3) is 0.714. The minimum Gasteiger partial charge on any atom is -0.368 e. The minimum absolute atomic E-state index is 0.290. The van der Waals surface area contributed by atoms with E-state index in [1.807, 2.05) is 30.9 Å². The highest BCUT2D eigenvalue weighted by Gasteiger charge is 2.27. The van der Waals surface area contributed by atoms with E-state index < -0.39 is 5.54 Å². The summed E-state index contributed by atoms with van der Waals surface area (Å²) >= 11 is 0. The number of aromatic nitrogens is 2. The van der Waals surface area contributed by atoms with E-state index in [0.717, 1.165) is 38.2 Å². The number of nitrogens with zero attached hydrogens (tertiary/aromatic N) is 3. The van der Waals surface area contributed by atoms with Crippen LogP contribution in [0.25, 0.3) is 0 Å². The number of carbonyl (C=O) groups is 1. The molecule has 1 amide bonds. The standard InChI is InChI=1S/C14H27N5O/c1-14(16-2,13(15)20)7-5-6-9-18(3)11-12-17-8-10-19(12)4/h8,10,16H,5-7,9,11H2,1-4H3,(H2,15,20). The number of imidazole rings is 1. The van der Waals surface area contributed by atoms with Gasteiger partial charge in [0.25, 0.3) is 0 Å².